The van der Waals surface area contributed by atoms with Gasteiger partial charge in [0.15, 0.2) is 0 Å². The van der Waals surface area contributed by atoms with Gasteiger partial charge in [0, 0.05) is 4.47 Å². The van der Waals surface area contributed by atoms with E-state index in [1.54, 1.807) is 7.11 Å². The van der Waals surface area contributed by atoms with Gasteiger partial charge in [0.1, 0.15) is 5.75 Å². The zero-order valence-corrected chi connectivity index (χ0v) is 12.1. The summed E-state index contributed by atoms with van der Waals surface area (Å²) in [6.45, 7) is 0. The standard InChI is InChI=1S/C17H13BrO/c1-19-15-9-10-17-13(11-15)3-2-4-16(17)12-5-7-14(18)8-6-12/h2-11H,1H3. The van der Waals surface area contributed by atoms with Gasteiger partial charge in [0.2, 0.25) is 0 Å². The van der Waals surface area contributed by atoms with Crippen LogP contribution in [0, 0.1) is 0 Å². The topological polar surface area (TPSA) is 9.23 Å². The first-order valence-corrected chi connectivity index (χ1v) is 6.90. The van der Waals surface area contributed by atoms with Crippen molar-refractivity contribution in [2.45, 2.75) is 0 Å². The lowest BCUT2D eigenvalue weighted by Crippen LogP contribution is -1.84. The van der Waals surface area contributed by atoms with Crippen LogP contribution in [0.2, 0.25) is 0 Å². The van der Waals surface area contributed by atoms with Crippen molar-refractivity contribution in [2.24, 2.45) is 0 Å². The van der Waals surface area contributed by atoms with Crippen LogP contribution in [0.25, 0.3) is 21.9 Å². The molecule has 0 heterocycles. The van der Waals surface area contributed by atoms with Crippen LogP contribution in [0.15, 0.2) is 65.1 Å². The van der Waals surface area contributed by atoms with Gasteiger partial charge < -0.3 is 4.74 Å². The van der Waals surface area contributed by atoms with Crippen molar-refractivity contribution in [2.75, 3.05) is 7.11 Å². The van der Waals surface area contributed by atoms with Gasteiger partial charge >= 0.3 is 0 Å². The quantitative estimate of drug-likeness (QED) is 0.625. The summed E-state index contributed by atoms with van der Waals surface area (Å²) in [7, 11) is 1.69. The third-order valence-electron chi connectivity index (χ3n) is 3.24. The van der Waals surface area contributed by atoms with E-state index in [1.165, 1.54) is 21.9 Å². The molecule has 0 atom stereocenters. The van der Waals surface area contributed by atoms with Gasteiger partial charge in [-0.2, -0.15) is 0 Å². The molecule has 0 fully saturated rings. The van der Waals surface area contributed by atoms with E-state index in [-0.39, 0.29) is 0 Å². The molecule has 0 unspecified atom stereocenters. The zero-order valence-electron chi connectivity index (χ0n) is 10.6. The Balaban J connectivity index is 2.21. The summed E-state index contributed by atoms with van der Waals surface area (Å²) >= 11 is 3.47. The van der Waals surface area contributed by atoms with Crippen molar-refractivity contribution in [1.82, 2.24) is 0 Å². The Bertz CT molecular complexity index is 717. The highest BCUT2D eigenvalue weighted by atomic mass is 79.9. The van der Waals surface area contributed by atoms with Crippen LogP contribution >= 0.6 is 15.9 Å². The zero-order chi connectivity index (χ0) is 13.2. The number of fused-ring (bicyclic) bond motifs is 1. The van der Waals surface area contributed by atoms with Gasteiger partial charge in [-0.05, 0) is 46.2 Å². The maximum Gasteiger partial charge on any atom is 0.119 e. The fourth-order valence-electron chi connectivity index (χ4n) is 2.27. The van der Waals surface area contributed by atoms with Crippen molar-refractivity contribution >= 4 is 26.7 Å². The number of halogens is 1. The summed E-state index contributed by atoms with van der Waals surface area (Å²) < 4.78 is 6.37. The number of hydrogen-bond acceptors (Lipinski definition) is 1. The number of methoxy groups -OCH3 is 1. The van der Waals surface area contributed by atoms with E-state index >= 15 is 0 Å². The average Bonchev–Trinajstić information content (AvgIpc) is 2.47. The molecule has 0 aliphatic heterocycles. The van der Waals surface area contributed by atoms with Crippen molar-refractivity contribution < 1.29 is 4.74 Å². The lowest BCUT2D eigenvalue weighted by atomic mass is 9.98. The van der Waals surface area contributed by atoms with Crippen LogP contribution < -0.4 is 4.74 Å². The SMILES string of the molecule is COc1ccc2c(-c3ccc(Br)cc3)cccc2c1. The second-order valence-corrected chi connectivity index (χ2v) is 5.32. The molecule has 0 bridgehead atoms. The maximum atomic E-state index is 5.28. The largest absolute Gasteiger partial charge is 0.497 e. The van der Waals surface area contributed by atoms with Gasteiger partial charge in [-0.3, -0.25) is 0 Å². The molecule has 0 aromatic heterocycles. The minimum atomic E-state index is 0.889. The Morgan fingerprint density at radius 1 is 0.895 bits per heavy atom. The summed E-state index contributed by atoms with van der Waals surface area (Å²) in [5, 5.41) is 2.44. The van der Waals surface area contributed by atoms with E-state index in [0.717, 1.165) is 10.2 Å². The fraction of sp³-hybridized carbons (Fsp3) is 0.0588. The summed E-state index contributed by atoms with van der Waals surface area (Å²) in [4.78, 5) is 0. The summed E-state index contributed by atoms with van der Waals surface area (Å²) in [6.07, 6.45) is 0. The van der Waals surface area contributed by atoms with Crippen LogP contribution in [0.3, 0.4) is 0 Å². The molecule has 0 aliphatic rings. The van der Waals surface area contributed by atoms with E-state index in [4.69, 9.17) is 4.74 Å². The highest BCUT2D eigenvalue weighted by Crippen LogP contribution is 2.31. The average molecular weight is 313 g/mol. The molecule has 94 valence electrons. The Hall–Kier alpha value is -1.80. The second-order valence-electron chi connectivity index (χ2n) is 4.40. The van der Waals surface area contributed by atoms with Gasteiger partial charge in [-0.25, -0.2) is 0 Å². The van der Waals surface area contributed by atoms with Gasteiger partial charge in [-0.15, -0.1) is 0 Å². The molecule has 2 heteroatoms. The molecule has 3 aromatic carbocycles. The van der Waals surface area contributed by atoms with Gasteiger partial charge in [-0.1, -0.05) is 52.3 Å². The predicted molar refractivity (Wildman–Crippen MR) is 83.6 cm³/mol. The number of ether oxygens (including phenoxy) is 1. The highest BCUT2D eigenvalue weighted by Gasteiger charge is 2.04. The molecule has 19 heavy (non-hydrogen) atoms. The minimum absolute atomic E-state index is 0.889. The molecule has 0 N–H and O–H groups in total. The Labute approximate surface area is 121 Å². The molecule has 0 saturated heterocycles. The third kappa shape index (κ3) is 2.36. The molecule has 1 nitrogen and oxygen atoms in total. The van der Waals surface area contributed by atoms with E-state index in [2.05, 4.69) is 70.5 Å². The van der Waals surface area contributed by atoms with E-state index in [0.29, 0.717) is 0 Å². The first kappa shape index (κ1) is 12.2. The lowest BCUT2D eigenvalue weighted by molar-refractivity contribution is 0.415. The summed E-state index contributed by atoms with van der Waals surface area (Å²) in [5.41, 5.74) is 2.46. The van der Waals surface area contributed by atoms with Crippen LogP contribution in [-0.4, -0.2) is 7.11 Å². The second kappa shape index (κ2) is 5.06. The minimum Gasteiger partial charge on any atom is -0.497 e. The Morgan fingerprint density at radius 3 is 2.42 bits per heavy atom. The van der Waals surface area contributed by atoms with Gasteiger partial charge in [0.05, 0.1) is 7.11 Å². The van der Waals surface area contributed by atoms with Crippen molar-refractivity contribution in [3.63, 3.8) is 0 Å². The Morgan fingerprint density at radius 2 is 1.68 bits per heavy atom. The van der Waals surface area contributed by atoms with Gasteiger partial charge in [0.25, 0.3) is 0 Å². The lowest BCUT2D eigenvalue weighted by Gasteiger charge is -2.08. The van der Waals surface area contributed by atoms with Crippen molar-refractivity contribution in [3.8, 4) is 16.9 Å². The van der Waals surface area contributed by atoms with Crippen LogP contribution in [0.4, 0.5) is 0 Å². The molecule has 0 radical (unpaired) electrons. The first-order chi connectivity index (χ1) is 9.28. The van der Waals surface area contributed by atoms with Crippen LogP contribution in [0.5, 0.6) is 5.75 Å². The molecular formula is C17H13BrO. The third-order valence-corrected chi connectivity index (χ3v) is 3.77. The Kier molecular flexibility index (Phi) is 3.26. The molecule has 3 rings (SSSR count). The molecule has 0 spiro atoms. The van der Waals surface area contributed by atoms with Crippen molar-refractivity contribution in [3.05, 3.63) is 65.1 Å². The molecule has 0 aliphatic carbocycles. The molecule has 0 amide bonds. The van der Waals surface area contributed by atoms with Crippen molar-refractivity contribution in [1.29, 1.82) is 0 Å². The monoisotopic (exact) mass is 312 g/mol. The van der Waals surface area contributed by atoms with E-state index in [1.807, 2.05) is 6.07 Å². The maximum absolute atomic E-state index is 5.28. The molecular weight excluding hydrogens is 300 g/mol. The van der Waals surface area contributed by atoms with E-state index in [9.17, 15) is 0 Å². The summed E-state index contributed by atoms with van der Waals surface area (Å²) in [6, 6.07) is 20.9. The van der Waals surface area contributed by atoms with Crippen LogP contribution in [0.1, 0.15) is 0 Å². The number of benzene rings is 3. The predicted octanol–water partition coefficient (Wildman–Crippen LogP) is 5.28. The highest BCUT2D eigenvalue weighted by molar-refractivity contribution is 9.10. The molecule has 0 saturated carbocycles. The smallest absolute Gasteiger partial charge is 0.119 e. The normalized spacial score (nSPS) is 10.6. The molecule has 3 aromatic rings. The number of hydrogen-bond donors (Lipinski definition) is 0. The first-order valence-electron chi connectivity index (χ1n) is 6.10. The van der Waals surface area contributed by atoms with E-state index < -0.39 is 0 Å². The number of rotatable bonds is 2. The summed E-state index contributed by atoms with van der Waals surface area (Å²) in [5.74, 6) is 0.889. The van der Waals surface area contributed by atoms with Crippen LogP contribution in [-0.2, 0) is 0 Å². The fourth-order valence-corrected chi connectivity index (χ4v) is 2.53.